The Labute approximate surface area is 321 Å². The molecule has 1 saturated heterocycles. The second-order valence-electron chi connectivity index (χ2n) is 10.7. The zero-order chi connectivity index (χ0) is 30.8. The van der Waals surface area contributed by atoms with Gasteiger partial charge in [-0.1, -0.05) is 152 Å². The van der Waals surface area contributed by atoms with Crippen molar-refractivity contribution in [3.8, 4) is 0 Å². The van der Waals surface area contributed by atoms with Gasteiger partial charge in [-0.3, -0.25) is 0 Å². The van der Waals surface area contributed by atoms with Crippen molar-refractivity contribution in [3.63, 3.8) is 0 Å². The molecule has 248 valence electrons. The van der Waals surface area contributed by atoms with Crippen molar-refractivity contribution in [1.29, 1.82) is 0 Å². The van der Waals surface area contributed by atoms with Crippen LogP contribution in [0.3, 0.4) is 0 Å². The monoisotopic (exact) mass is 902 g/mol. The van der Waals surface area contributed by atoms with Crippen LogP contribution in [0.25, 0.3) is 0 Å². The topological polar surface area (TPSA) is 0 Å². The molecule has 0 aliphatic carbocycles. The summed E-state index contributed by atoms with van der Waals surface area (Å²) in [6, 6.07) is 65.8. The molecule has 0 N–H and O–H groups in total. The van der Waals surface area contributed by atoms with Crippen LogP contribution < -0.4 is 46.0 Å². The molecule has 6 aromatic carbocycles. The average Bonchev–Trinajstić information content (AvgIpc) is 3.73. The summed E-state index contributed by atoms with van der Waals surface area (Å²) in [5, 5.41) is 5.73. The second-order valence-corrected chi connectivity index (χ2v) is 16.3. The normalized spacial score (nSPS) is 11.4. The van der Waals surface area contributed by atoms with Crippen molar-refractivity contribution in [2.45, 2.75) is 25.2 Å². The summed E-state index contributed by atoms with van der Waals surface area (Å²) in [6.07, 6.45) is 5.07. The van der Waals surface area contributed by atoms with Gasteiger partial charge in [-0.15, -0.1) is 0 Å². The molecule has 0 atom stereocenters. The first-order valence-electron chi connectivity index (χ1n) is 15.7. The summed E-state index contributed by atoms with van der Waals surface area (Å²) >= 11 is 2.07. The zero-order valence-corrected chi connectivity index (χ0v) is 33.4. The number of benzene rings is 6. The van der Waals surface area contributed by atoms with E-state index in [0.717, 1.165) is 12.3 Å². The predicted octanol–water partition coefficient (Wildman–Crippen LogP) is 3.96. The minimum atomic E-state index is -0.358. The van der Waals surface area contributed by atoms with Crippen LogP contribution in [0.5, 0.6) is 0 Å². The molecule has 0 saturated carbocycles. The molecule has 48 heavy (non-hydrogen) atoms. The van der Waals surface area contributed by atoms with E-state index in [0.29, 0.717) is 0 Å². The minimum Gasteiger partial charge on any atom is -1.00 e. The van der Waals surface area contributed by atoms with Gasteiger partial charge in [-0.2, -0.15) is 47.7 Å². The fraction of sp³-hybridized carbons (Fsp3) is 0.143. The molecule has 0 radical (unpaired) electrons. The number of hydrogen-bond acceptors (Lipinski definition) is 1. The molecule has 0 amide bonds. The molecule has 7 rings (SSSR count). The Morgan fingerprint density at radius 1 is 0.438 bits per heavy atom. The Kier molecular flexibility index (Phi) is 21.7. The van der Waals surface area contributed by atoms with Gasteiger partial charge in [0.15, 0.2) is 0 Å². The average molecular weight is 903 g/mol. The van der Waals surface area contributed by atoms with Gasteiger partial charge in [0, 0.05) is 6.16 Å². The van der Waals surface area contributed by atoms with Gasteiger partial charge < -0.3 is 24.8 Å². The molecule has 0 spiro atoms. The standard InChI is InChI=1S/C19H17P.C19H16P.C4H8S.2ClH.Ir/c2*1-4-10-17(11-5-1)16-20(18-12-6-2-7-13-18)19-14-8-3-9-15-19;1-2-4-5-3-1;;;/h1-15H,16H2;1-10,12-15H,16H2;1-4H2;2*1H;/q;-1;;;;+3/p-2. The van der Waals surface area contributed by atoms with Crippen LogP contribution >= 0.6 is 27.6 Å². The Morgan fingerprint density at radius 2 is 0.792 bits per heavy atom. The molecule has 1 heterocycles. The summed E-state index contributed by atoms with van der Waals surface area (Å²) in [5.41, 5.74) is 2.69. The third-order valence-electron chi connectivity index (χ3n) is 7.38. The molecule has 1 fully saturated rings. The summed E-state index contributed by atoms with van der Waals surface area (Å²) in [5.74, 6) is 2.83. The van der Waals surface area contributed by atoms with E-state index in [-0.39, 0.29) is 60.8 Å². The van der Waals surface area contributed by atoms with Crippen molar-refractivity contribution in [2.75, 3.05) is 11.5 Å². The summed E-state index contributed by atoms with van der Waals surface area (Å²) in [4.78, 5) is 0. The van der Waals surface area contributed by atoms with E-state index in [9.17, 15) is 0 Å². The van der Waals surface area contributed by atoms with E-state index in [2.05, 4.69) is 182 Å². The fourth-order valence-electron chi connectivity index (χ4n) is 5.07. The van der Waals surface area contributed by atoms with Crippen molar-refractivity contribution in [2.24, 2.45) is 0 Å². The van der Waals surface area contributed by atoms with Gasteiger partial charge in [0.25, 0.3) is 0 Å². The first kappa shape index (κ1) is 41.9. The SMILES string of the molecule is C1CCSC1.[Cl-].[Cl-].[Ir+3].[c-]1ccccc1CP(c1ccccc1)c1ccccc1.c1ccc(CP(c2ccccc2)c2ccccc2)cc1. The molecule has 0 bridgehead atoms. The van der Waals surface area contributed by atoms with Gasteiger partial charge in [0.05, 0.1) is 0 Å². The number of hydrogen-bond donors (Lipinski definition) is 0. The first-order chi connectivity index (χ1) is 22.4. The molecular formula is C42H41Cl2IrP2S. The predicted molar refractivity (Wildman–Crippen MR) is 204 cm³/mol. The van der Waals surface area contributed by atoms with E-state index in [1.165, 1.54) is 56.7 Å². The van der Waals surface area contributed by atoms with Gasteiger partial charge in [-0.05, 0) is 73.1 Å². The number of thioether (sulfide) groups is 1. The molecule has 6 heteroatoms. The van der Waals surface area contributed by atoms with Gasteiger partial charge in [0.1, 0.15) is 0 Å². The summed E-state index contributed by atoms with van der Waals surface area (Å²) < 4.78 is 0. The Balaban J connectivity index is 0.000000276. The van der Waals surface area contributed by atoms with Crippen LogP contribution in [-0.2, 0) is 32.4 Å². The summed E-state index contributed by atoms with van der Waals surface area (Å²) in [7, 11) is -0.686. The van der Waals surface area contributed by atoms with Crippen LogP contribution in [0, 0.1) is 6.07 Å². The van der Waals surface area contributed by atoms with Gasteiger partial charge in [-0.25, -0.2) is 0 Å². The maximum atomic E-state index is 3.35. The van der Waals surface area contributed by atoms with Crippen LogP contribution in [0.15, 0.2) is 176 Å². The maximum Gasteiger partial charge on any atom is 3.00 e. The van der Waals surface area contributed by atoms with E-state index in [4.69, 9.17) is 0 Å². The maximum absolute atomic E-state index is 3.35. The van der Waals surface area contributed by atoms with E-state index in [1.54, 1.807) is 0 Å². The third kappa shape index (κ3) is 14.3. The summed E-state index contributed by atoms with van der Waals surface area (Å²) in [6.45, 7) is 0. The van der Waals surface area contributed by atoms with Crippen molar-refractivity contribution < 1.29 is 44.9 Å². The molecule has 0 nitrogen and oxygen atoms in total. The smallest absolute Gasteiger partial charge is 1.00 e. The van der Waals surface area contributed by atoms with Crippen molar-refractivity contribution >= 4 is 48.8 Å². The number of rotatable bonds is 8. The molecule has 0 aromatic heterocycles. The Bertz CT molecular complexity index is 1400. The zero-order valence-electron chi connectivity index (χ0n) is 26.9. The van der Waals surface area contributed by atoms with E-state index >= 15 is 0 Å². The Hall–Kier alpha value is -2.24. The first-order valence-corrected chi connectivity index (χ1v) is 19.9. The minimum absolute atomic E-state index is 0. The van der Waals surface area contributed by atoms with E-state index < -0.39 is 0 Å². The fourth-order valence-corrected chi connectivity index (χ4v) is 10.7. The third-order valence-corrected chi connectivity index (χ3v) is 13.6. The van der Waals surface area contributed by atoms with Crippen LogP contribution in [-0.4, -0.2) is 11.5 Å². The van der Waals surface area contributed by atoms with Crippen LogP contribution in [0.2, 0.25) is 0 Å². The molecule has 0 unspecified atom stereocenters. The molecule has 6 aromatic rings. The van der Waals surface area contributed by atoms with Gasteiger partial charge in [0.2, 0.25) is 0 Å². The largest absolute Gasteiger partial charge is 3.00 e. The van der Waals surface area contributed by atoms with Crippen LogP contribution in [0.1, 0.15) is 24.0 Å². The van der Waals surface area contributed by atoms with Crippen molar-refractivity contribution in [3.05, 3.63) is 193 Å². The van der Waals surface area contributed by atoms with Crippen LogP contribution in [0.4, 0.5) is 0 Å². The number of halogens is 2. The second kappa shape index (κ2) is 24.8. The van der Waals surface area contributed by atoms with Crippen molar-refractivity contribution in [1.82, 2.24) is 0 Å². The van der Waals surface area contributed by atoms with E-state index in [1.807, 2.05) is 12.1 Å². The quantitative estimate of drug-likeness (QED) is 0.165. The van der Waals surface area contributed by atoms with Gasteiger partial charge >= 0.3 is 20.1 Å². The molecule has 1 aliphatic rings. The molecular weight excluding hydrogens is 862 g/mol. The molecule has 1 aliphatic heterocycles. The Morgan fingerprint density at radius 3 is 1.12 bits per heavy atom.